The third-order valence-electron chi connectivity index (χ3n) is 8.40. The Morgan fingerprint density at radius 1 is 0.311 bits per heavy atom. The van der Waals surface area contributed by atoms with Gasteiger partial charge in [0.25, 0.3) is 0 Å². The van der Waals surface area contributed by atoms with E-state index < -0.39 is 0 Å². The van der Waals surface area contributed by atoms with Gasteiger partial charge < -0.3 is 9.80 Å². The fraction of sp³-hybridized carbons (Fsp3) is 0.116. The minimum absolute atomic E-state index is 1.13. The van der Waals surface area contributed by atoms with Gasteiger partial charge >= 0.3 is 0 Å². The summed E-state index contributed by atoms with van der Waals surface area (Å²) in [5, 5.41) is 0. The summed E-state index contributed by atoms with van der Waals surface area (Å²) in [4.78, 5) is 4.63. The molecule has 0 fully saturated rings. The molecule has 6 rings (SSSR count). The quantitative estimate of drug-likeness (QED) is 0.164. The average molecular weight is 585 g/mol. The van der Waals surface area contributed by atoms with E-state index in [0.717, 1.165) is 45.3 Å². The first-order valence-electron chi connectivity index (χ1n) is 15.6. The summed E-state index contributed by atoms with van der Waals surface area (Å²) in [7, 11) is 0. The van der Waals surface area contributed by atoms with Crippen molar-refractivity contribution in [1.29, 1.82) is 0 Å². The molecule has 0 radical (unpaired) electrons. The van der Waals surface area contributed by atoms with Gasteiger partial charge in [-0.3, -0.25) is 0 Å². The molecular formula is C43H40N2. The Hall–Kier alpha value is -5.34. The fourth-order valence-corrected chi connectivity index (χ4v) is 5.50. The van der Waals surface area contributed by atoms with Crippen LogP contribution in [0.1, 0.15) is 38.9 Å². The normalized spacial score (nSPS) is 11.1. The minimum Gasteiger partial charge on any atom is -0.311 e. The molecule has 45 heavy (non-hydrogen) atoms. The molecular weight excluding hydrogens is 544 g/mol. The highest BCUT2D eigenvalue weighted by molar-refractivity contribution is 5.80. The Labute approximate surface area is 268 Å². The van der Waals surface area contributed by atoms with E-state index in [4.69, 9.17) is 0 Å². The molecule has 0 saturated heterocycles. The van der Waals surface area contributed by atoms with E-state index in [1.165, 1.54) is 27.8 Å². The lowest BCUT2D eigenvalue weighted by molar-refractivity contribution is 1.24. The van der Waals surface area contributed by atoms with Crippen molar-refractivity contribution in [3.8, 4) is 0 Å². The SMILES string of the molecule is Cc1ccc(N(c2ccc(C)cc2)c2ccc(/C=C/c3ccc(N(c4ccc(C)cc4)c4ccc(C)c(C)c4)cc3)cc2)cc1. The van der Waals surface area contributed by atoms with Crippen LogP contribution in [0.2, 0.25) is 0 Å². The summed E-state index contributed by atoms with van der Waals surface area (Å²) >= 11 is 0. The summed E-state index contributed by atoms with van der Waals surface area (Å²) < 4.78 is 0. The van der Waals surface area contributed by atoms with Crippen molar-refractivity contribution in [1.82, 2.24) is 0 Å². The van der Waals surface area contributed by atoms with Crippen molar-refractivity contribution in [3.05, 3.63) is 178 Å². The van der Waals surface area contributed by atoms with Gasteiger partial charge in [0, 0.05) is 34.1 Å². The number of aryl methyl sites for hydroxylation is 5. The number of rotatable bonds is 8. The average Bonchev–Trinajstić information content (AvgIpc) is 3.06. The molecule has 222 valence electrons. The smallest absolute Gasteiger partial charge is 0.0464 e. The van der Waals surface area contributed by atoms with Crippen LogP contribution in [0.5, 0.6) is 0 Å². The Morgan fingerprint density at radius 3 is 0.933 bits per heavy atom. The van der Waals surface area contributed by atoms with Crippen LogP contribution in [0.15, 0.2) is 140 Å². The van der Waals surface area contributed by atoms with Gasteiger partial charge in [0.2, 0.25) is 0 Å². The molecule has 6 aromatic carbocycles. The molecule has 0 aromatic heterocycles. The lowest BCUT2D eigenvalue weighted by atomic mass is 10.1. The molecule has 0 aliphatic carbocycles. The number of nitrogens with zero attached hydrogens (tertiary/aromatic N) is 2. The third kappa shape index (κ3) is 6.92. The predicted molar refractivity (Wildman–Crippen MR) is 195 cm³/mol. The highest BCUT2D eigenvalue weighted by Gasteiger charge is 2.14. The lowest BCUT2D eigenvalue weighted by Crippen LogP contribution is -2.10. The Morgan fingerprint density at radius 2 is 0.600 bits per heavy atom. The number of benzene rings is 6. The second kappa shape index (κ2) is 13.1. The van der Waals surface area contributed by atoms with Crippen molar-refractivity contribution in [2.75, 3.05) is 9.80 Å². The highest BCUT2D eigenvalue weighted by Crippen LogP contribution is 2.37. The van der Waals surface area contributed by atoms with Gasteiger partial charge in [-0.25, -0.2) is 0 Å². The lowest BCUT2D eigenvalue weighted by Gasteiger charge is -2.26. The van der Waals surface area contributed by atoms with E-state index in [-0.39, 0.29) is 0 Å². The zero-order valence-corrected chi connectivity index (χ0v) is 26.8. The van der Waals surface area contributed by atoms with Gasteiger partial charge in [0.1, 0.15) is 0 Å². The summed E-state index contributed by atoms with van der Waals surface area (Å²) in [5.41, 5.74) is 15.5. The van der Waals surface area contributed by atoms with Crippen LogP contribution in [-0.2, 0) is 0 Å². The van der Waals surface area contributed by atoms with Gasteiger partial charge in [-0.1, -0.05) is 95.6 Å². The molecule has 0 atom stereocenters. The van der Waals surface area contributed by atoms with Crippen LogP contribution >= 0.6 is 0 Å². The molecule has 0 spiro atoms. The van der Waals surface area contributed by atoms with Gasteiger partial charge in [-0.15, -0.1) is 0 Å². The van der Waals surface area contributed by atoms with E-state index in [1.807, 2.05) is 0 Å². The zero-order valence-electron chi connectivity index (χ0n) is 26.8. The predicted octanol–water partition coefficient (Wildman–Crippen LogP) is 12.3. The van der Waals surface area contributed by atoms with Crippen molar-refractivity contribution in [2.45, 2.75) is 34.6 Å². The van der Waals surface area contributed by atoms with Gasteiger partial charge in [0.15, 0.2) is 0 Å². The topological polar surface area (TPSA) is 6.48 Å². The molecule has 2 nitrogen and oxygen atoms in total. The Bertz CT molecular complexity index is 1850. The van der Waals surface area contributed by atoms with Crippen LogP contribution in [0.4, 0.5) is 34.1 Å². The maximum Gasteiger partial charge on any atom is 0.0464 e. The second-order valence-electron chi connectivity index (χ2n) is 12.0. The van der Waals surface area contributed by atoms with Gasteiger partial charge in [-0.05, 0) is 130 Å². The molecule has 0 aliphatic heterocycles. The second-order valence-corrected chi connectivity index (χ2v) is 12.0. The van der Waals surface area contributed by atoms with Crippen molar-refractivity contribution >= 4 is 46.3 Å². The van der Waals surface area contributed by atoms with Crippen molar-refractivity contribution in [3.63, 3.8) is 0 Å². The maximum atomic E-state index is 2.33. The first kappa shape index (κ1) is 29.7. The van der Waals surface area contributed by atoms with Crippen molar-refractivity contribution < 1.29 is 0 Å². The Kier molecular flexibility index (Phi) is 8.66. The van der Waals surface area contributed by atoms with Crippen molar-refractivity contribution in [2.24, 2.45) is 0 Å². The summed E-state index contributed by atoms with van der Waals surface area (Å²) in [6.45, 7) is 10.7. The van der Waals surface area contributed by atoms with E-state index in [0.29, 0.717) is 0 Å². The van der Waals surface area contributed by atoms with Gasteiger partial charge in [-0.2, -0.15) is 0 Å². The van der Waals surface area contributed by atoms with Gasteiger partial charge in [0.05, 0.1) is 0 Å². The molecule has 0 amide bonds. The molecule has 0 saturated carbocycles. The molecule has 0 heterocycles. The summed E-state index contributed by atoms with van der Waals surface area (Å²) in [6, 6.07) is 50.4. The summed E-state index contributed by atoms with van der Waals surface area (Å²) in [5.74, 6) is 0. The Balaban J connectivity index is 1.24. The molecule has 0 aliphatic rings. The maximum absolute atomic E-state index is 2.33. The minimum atomic E-state index is 1.13. The van der Waals surface area contributed by atoms with Crippen LogP contribution in [0, 0.1) is 34.6 Å². The number of anilines is 6. The zero-order chi connectivity index (χ0) is 31.3. The first-order valence-corrected chi connectivity index (χ1v) is 15.6. The highest BCUT2D eigenvalue weighted by atomic mass is 15.1. The molecule has 0 N–H and O–H groups in total. The van der Waals surface area contributed by atoms with E-state index in [9.17, 15) is 0 Å². The van der Waals surface area contributed by atoms with E-state index >= 15 is 0 Å². The number of hydrogen-bond donors (Lipinski definition) is 0. The van der Waals surface area contributed by atoms with Crippen LogP contribution < -0.4 is 9.80 Å². The molecule has 6 aromatic rings. The monoisotopic (exact) mass is 584 g/mol. The van der Waals surface area contributed by atoms with Crippen LogP contribution in [-0.4, -0.2) is 0 Å². The largest absolute Gasteiger partial charge is 0.311 e. The molecule has 0 unspecified atom stereocenters. The van der Waals surface area contributed by atoms with Crippen LogP contribution in [0.25, 0.3) is 12.2 Å². The van der Waals surface area contributed by atoms with E-state index in [2.05, 4.69) is 196 Å². The first-order chi connectivity index (χ1) is 21.8. The van der Waals surface area contributed by atoms with Crippen LogP contribution in [0.3, 0.4) is 0 Å². The standard InChI is InChI=1S/C43H40N2/c1-31-6-19-38(20-7-31)44(39-21-8-32(2)9-22-39)41-26-15-36(16-27-41)13-14-37-17-28-42(29-18-37)45(40-23-10-33(3)11-24-40)43-25-12-34(4)35(5)30-43/h6-30H,1-5H3/b14-13+. The fourth-order valence-electron chi connectivity index (χ4n) is 5.50. The molecule has 2 heteroatoms. The number of hydrogen-bond acceptors (Lipinski definition) is 2. The summed E-state index contributed by atoms with van der Waals surface area (Å²) in [6.07, 6.45) is 4.37. The third-order valence-corrected chi connectivity index (χ3v) is 8.40. The molecule has 0 bridgehead atoms. The van der Waals surface area contributed by atoms with E-state index in [1.54, 1.807) is 0 Å².